The number of aromatic nitrogens is 1. The lowest BCUT2D eigenvalue weighted by Gasteiger charge is -2.37. The fraction of sp³-hybridized carbons (Fsp3) is 0. The van der Waals surface area contributed by atoms with Crippen molar-refractivity contribution in [2.24, 2.45) is 0 Å². The van der Waals surface area contributed by atoms with Crippen LogP contribution < -0.4 is 20.7 Å². The van der Waals surface area contributed by atoms with Gasteiger partial charge in [-0.05, 0) is 56.1 Å². The van der Waals surface area contributed by atoms with Gasteiger partial charge in [0.15, 0.2) is 8.07 Å². The molecule has 0 aliphatic rings. The second kappa shape index (κ2) is 12.0. The third-order valence-electron chi connectivity index (χ3n) is 9.43. The lowest BCUT2D eigenvalue weighted by molar-refractivity contribution is 1.18. The Balaban J connectivity index is 1.44. The van der Waals surface area contributed by atoms with E-state index in [2.05, 4.69) is 167 Å². The number of nitrogens with zero attached hydrogens (tertiary/aromatic N) is 3. The average molecular weight is 628 g/mol. The zero-order valence-corrected chi connectivity index (χ0v) is 27.1. The third kappa shape index (κ3) is 4.48. The average Bonchev–Trinajstić information content (AvgIpc) is 3.51. The van der Waals surface area contributed by atoms with E-state index in [4.69, 9.17) is 6.57 Å². The molecule has 4 heteroatoms. The molecule has 0 fully saturated rings. The van der Waals surface area contributed by atoms with Gasteiger partial charge >= 0.3 is 0 Å². The molecule has 1 heterocycles. The van der Waals surface area contributed by atoms with E-state index in [1.807, 2.05) is 24.3 Å². The number of para-hydroxylation sites is 2. The smallest absolute Gasteiger partial charge is 0.204 e. The van der Waals surface area contributed by atoms with Crippen LogP contribution >= 0.6 is 0 Å². The Bertz CT molecular complexity index is 2350. The standard InChI is InChI=1S/C44H29N3Si/c1-46-41-30-29-37(32-25-27-33(28-26-32)47-42-23-13-11-21-38(42)39-22-12-14-24-43(39)47)44(40(41)31-45)48(34-15-5-2-6-16-34,35-17-7-3-8-18-35)36-19-9-4-10-20-36/h2-30H. The first kappa shape index (κ1) is 29.0. The minimum absolute atomic E-state index is 0.373. The second-order valence-corrected chi connectivity index (χ2v) is 15.6. The van der Waals surface area contributed by atoms with Crippen molar-refractivity contribution in [3.05, 3.63) is 193 Å². The number of hydrogen-bond acceptors (Lipinski definition) is 1. The molecule has 0 bridgehead atoms. The second-order valence-electron chi connectivity index (χ2n) is 11.9. The van der Waals surface area contributed by atoms with Crippen molar-refractivity contribution in [2.75, 3.05) is 0 Å². The highest BCUT2D eigenvalue weighted by Crippen LogP contribution is 2.34. The Morgan fingerprint density at radius 1 is 0.521 bits per heavy atom. The van der Waals surface area contributed by atoms with E-state index in [0.29, 0.717) is 11.3 Å². The molecule has 7 aromatic carbocycles. The lowest BCUT2D eigenvalue weighted by atomic mass is 10.0. The van der Waals surface area contributed by atoms with Crippen LogP contribution in [0.25, 0.3) is 43.5 Å². The molecule has 0 unspecified atom stereocenters. The molecule has 0 saturated carbocycles. The Morgan fingerprint density at radius 3 is 1.44 bits per heavy atom. The van der Waals surface area contributed by atoms with Gasteiger partial charge < -0.3 is 4.57 Å². The van der Waals surface area contributed by atoms with Gasteiger partial charge in [0.25, 0.3) is 0 Å². The summed E-state index contributed by atoms with van der Waals surface area (Å²) in [5.74, 6) is 0. The van der Waals surface area contributed by atoms with Crippen molar-refractivity contribution in [1.29, 1.82) is 5.26 Å². The van der Waals surface area contributed by atoms with E-state index < -0.39 is 8.07 Å². The van der Waals surface area contributed by atoms with Gasteiger partial charge in [-0.15, -0.1) is 0 Å². The van der Waals surface area contributed by atoms with Crippen molar-refractivity contribution >= 4 is 56.3 Å². The van der Waals surface area contributed by atoms with Crippen molar-refractivity contribution in [2.45, 2.75) is 0 Å². The zero-order valence-electron chi connectivity index (χ0n) is 26.1. The Morgan fingerprint density at radius 2 is 0.979 bits per heavy atom. The maximum absolute atomic E-state index is 10.9. The number of fused-ring (bicyclic) bond motifs is 3. The summed E-state index contributed by atoms with van der Waals surface area (Å²) in [4.78, 5) is 3.88. The lowest BCUT2D eigenvalue weighted by Crippen LogP contribution is -2.75. The Kier molecular flexibility index (Phi) is 7.27. The first-order chi connectivity index (χ1) is 23.8. The van der Waals surface area contributed by atoms with Gasteiger partial charge in [-0.2, -0.15) is 5.26 Å². The molecule has 0 aliphatic heterocycles. The first-order valence-electron chi connectivity index (χ1n) is 16.0. The molecule has 0 spiro atoms. The van der Waals surface area contributed by atoms with Crippen LogP contribution in [-0.4, -0.2) is 12.6 Å². The van der Waals surface area contributed by atoms with Gasteiger partial charge in [0.05, 0.1) is 29.2 Å². The summed E-state index contributed by atoms with van der Waals surface area (Å²) in [6.07, 6.45) is 0. The van der Waals surface area contributed by atoms with E-state index >= 15 is 0 Å². The highest BCUT2D eigenvalue weighted by atomic mass is 28.3. The maximum atomic E-state index is 10.9. The molecule has 224 valence electrons. The van der Waals surface area contributed by atoms with E-state index in [-0.39, 0.29) is 0 Å². The fourth-order valence-corrected chi connectivity index (χ4v) is 12.6. The summed E-state index contributed by atoms with van der Waals surface area (Å²) in [5, 5.41) is 17.7. The summed E-state index contributed by atoms with van der Waals surface area (Å²) in [5.41, 5.74) is 6.16. The van der Waals surface area contributed by atoms with Crippen LogP contribution in [0, 0.1) is 17.9 Å². The molecule has 8 rings (SSSR count). The van der Waals surface area contributed by atoms with Crippen LogP contribution in [0.3, 0.4) is 0 Å². The predicted molar refractivity (Wildman–Crippen MR) is 201 cm³/mol. The van der Waals surface area contributed by atoms with Crippen LogP contribution in [-0.2, 0) is 0 Å². The van der Waals surface area contributed by atoms with Crippen LogP contribution in [0.15, 0.2) is 176 Å². The first-order valence-corrected chi connectivity index (χ1v) is 18.0. The SMILES string of the molecule is [C-]#[N+]c1ccc(-c2ccc(-n3c4ccccc4c4ccccc43)cc2)c([Si](c2ccccc2)(c2ccccc2)c2ccccc2)c1C#N. The molecule has 3 nitrogen and oxygen atoms in total. The quantitative estimate of drug-likeness (QED) is 0.104. The molecular weight excluding hydrogens is 599 g/mol. The van der Waals surface area contributed by atoms with E-state index in [1.165, 1.54) is 10.8 Å². The third-order valence-corrected chi connectivity index (χ3v) is 14.3. The fourth-order valence-electron chi connectivity index (χ4n) is 7.42. The zero-order chi connectivity index (χ0) is 32.5. The van der Waals surface area contributed by atoms with Gasteiger partial charge in [-0.25, -0.2) is 4.85 Å². The number of benzene rings is 7. The van der Waals surface area contributed by atoms with Crippen molar-refractivity contribution in [3.8, 4) is 22.9 Å². The number of nitriles is 1. The maximum Gasteiger partial charge on any atom is 0.204 e. The van der Waals surface area contributed by atoms with Crippen LogP contribution in [0.4, 0.5) is 5.69 Å². The topological polar surface area (TPSA) is 33.1 Å². The minimum atomic E-state index is -3.15. The largest absolute Gasteiger partial charge is 0.309 e. The molecule has 0 saturated heterocycles. The molecule has 0 atom stereocenters. The minimum Gasteiger partial charge on any atom is -0.309 e. The van der Waals surface area contributed by atoms with E-state index in [1.54, 1.807) is 0 Å². The Hall–Kier alpha value is -6.46. The number of rotatable bonds is 6. The van der Waals surface area contributed by atoms with E-state index in [0.717, 1.165) is 48.6 Å². The van der Waals surface area contributed by atoms with Crippen LogP contribution in [0.2, 0.25) is 0 Å². The summed E-state index contributed by atoms with van der Waals surface area (Å²) >= 11 is 0. The summed E-state index contributed by atoms with van der Waals surface area (Å²) in [7, 11) is -3.15. The Labute approximate surface area is 281 Å². The molecule has 0 N–H and O–H groups in total. The molecule has 48 heavy (non-hydrogen) atoms. The van der Waals surface area contributed by atoms with Crippen LogP contribution in [0.1, 0.15) is 5.56 Å². The van der Waals surface area contributed by atoms with Crippen molar-refractivity contribution in [1.82, 2.24) is 4.57 Å². The molecule has 0 aliphatic carbocycles. The van der Waals surface area contributed by atoms with E-state index in [9.17, 15) is 5.26 Å². The molecule has 0 radical (unpaired) electrons. The highest BCUT2D eigenvalue weighted by Gasteiger charge is 2.45. The molecule has 1 aromatic heterocycles. The van der Waals surface area contributed by atoms with Crippen molar-refractivity contribution < 1.29 is 0 Å². The summed E-state index contributed by atoms with van der Waals surface area (Å²) < 4.78 is 2.31. The van der Waals surface area contributed by atoms with Crippen molar-refractivity contribution in [3.63, 3.8) is 0 Å². The van der Waals surface area contributed by atoms with Gasteiger partial charge in [0, 0.05) is 16.5 Å². The monoisotopic (exact) mass is 627 g/mol. The summed E-state index contributed by atoms with van der Waals surface area (Å²) in [6.45, 7) is 8.10. The molecule has 8 aromatic rings. The van der Waals surface area contributed by atoms with Gasteiger partial charge in [0.1, 0.15) is 0 Å². The highest BCUT2D eigenvalue weighted by molar-refractivity contribution is 7.20. The van der Waals surface area contributed by atoms with Gasteiger partial charge in [-0.1, -0.05) is 152 Å². The normalized spacial score (nSPS) is 11.3. The summed E-state index contributed by atoms with van der Waals surface area (Å²) in [6, 6.07) is 63.8. The molecular formula is C44H29N3Si. The predicted octanol–water partition coefficient (Wildman–Crippen LogP) is 8.25. The molecule has 0 amide bonds. The van der Waals surface area contributed by atoms with Crippen LogP contribution in [0.5, 0.6) is 0 Å². The van der Waals surface area contributed by atoms with Gasteiger partial charge in [0.2, 0.25) is 5.69 Å². The van der Waals surface area contributed by atoms with Gasteiger partial charge in [-0.3, -0.25) is 0 Å². The number of hydrogen-bond donors (Lipinski definition) is 0.